The van der Waals surface area contributed by atoms with Crippen LogP contribution in [-0.4, -0.2) is 11.1 Å². The summed E-state index contributed by atoms with van der Waals surface area (Å²) in [4.78, 5) is 12.2. The van der Waals surface area contributed by atoms with Crippen molar-refractivity contribution in [3.8, 4) is 22.6 Å². The van der Waals surface area contributed by atoms with Gasteiger partial charge in [0, 0.05) is 22.0 Å². The number of hydrogen-bond donors (Lipinski definition) is 1. The van der Waals surface area contributed by atoms with Crippen LogP contribution in [0.1, 0.15) is 0 Å². The molecule has 0 aromatic carbocycles. The number of aliphatic carboxylic acids is 1. The molecule has 0 aromatic heterocycles. The molecule has 0 spiro atoms. The van der Waals surface area contributed by atoms with E-state index in [0.29, 0.717) is 0 Å². The Morgan fingerprint density at radius 1 is 1.50 bits per heavy atom. The van der Waals surface area contributed by atoms with E-state index in [1.54, 1.807) is 0 Å². The van der Waals surface area contributed by atoms with E-state index in [9.17, 15) is 4.79 Å². The van der Waals surface area contributed by atoms with Gasteiger partial charge >= 0.3 is 5.97 Å². The van der Waals surface area contributed by atoms with Crippen LogP contribution in [0.5, 0.6) is 0 Å². The van der Waals surface area contributed by atoms with Gasteiger partial charge in [-0.2, -0.15) is 0 Å². The minimum Gasteiger partial charge on any atom is -0.478 e. The smallest absolute Gasteiger partial charge is 0.328 e. The molecule has 10 heavy (non-hydrogen) atoms. The Kier molecular flexibility index (Phi) is 5.23. The maximum absolute atomic E-state index is 9.83. The van der Waals surface area contributed by atoms with Crippen LogP contribution in [0, 0.1) is 22.6 Å². The van der Waals surface area contributed by atoms with Gasteiger partial charge in [-0.1, -0.05) is 5.92 Å². The molecule has 0 heterocycles. The molecule has 0 atom stereocenters. The van der Waals surface area contributed by atoms with Crippen molar-refractivity contribution in [3.05, 3.63) is 12.2 Å². The highest BCUT2D eigenvalue weighted by atomic mass is 79.9. The van der Waals surface area contributed by atoms with Crippen LogP contribution in [0.3, 0.4) is 0 Å². The fraction of sp³-hybridized carbons (Fsp3) is 0. The zero-order valence-electron chi connectivity index (χ0n) is 4.89. The predicted molar refractivity (Wildman–Crippen MR) is 41.3 cm³/mol. The summed E-state index contributed by atoms with van der Waals surface area (Å²) in [5, 5.41) is 8.07. The lowest BCUT2D eigenvalue weighted by atomic mass is 10.5. The maximum atomic E-state index is 9.83. The van der Waals surface area contributed by atoms with Crippen molar-refractivity contribution in [2.24, 2.45) is 0 Å². The van der Waals surface area contributed by atoms with Crippen LogP contribution >= 0.6 is 15.9 Å². The molecule has 0 saturated heterocycles. The standard InChI is InChI=1S/C7H3BrO2/c8-6-4-2-1-3-5-7(9)10/h3,5H,(H,9,10)/b5-3+. The summed E-state index contributed by atoms with van der Waals surface area (Å²) >= 11 is 2.83. The van der Waals surface area contributed by atoms with Crippen LogP contribution in [0.25, 0.3) is 0 Å². The number of halogens is 1. The van der Waals surface area contributed by atoms with Gasteiger partial charge in [0.05, 0.1) is 0 Å². The summed E-state index contributed by atoms with van der Waals surface area (Å²) in [5.74, 6) is 6.16. The van der Waals surface area contributed by atoms with E-state index in [2.05, 4.69) is 38.5 Å². The Hall–Kier alpha value is -1.19. The zero-order valence-corrected chi connectivity index (χ0v) is 6.47. The highest BCUT2D eigenvalue weighted by molar-refractivity contribution is 9.12. The summed E-state index contributed by atoms with van der Waals surface area (Å²) in [5.41, 5.74) is 0. The average molecular weight is 199 g/mol. The Bertz CT molecular complexity index is 257. The number of carbonyl (C=O) groups is 1. The second kappa shape index (κ2) is 5.94. The summed E-state index contributed by atoms with van der Waals surface area (Å²) in [7, 11) is 0. The first-order chi connectivity index (χ1) is 4.77. The topological polar surface area (TPSA) is 37.3 Å². The van der Waals surface area contributed by atoms with Crippen LogP contribution in [0.2, 0.25) is 0 Å². The highest BCUT2D eigenvalue weighted by Gasteiger charge is 1.78. The molecule has 0 saturated carbocycles. The minimum absolute atomic E-state index is 0.947. The lowest BCUT2D eigenvalue weighted by Gasteiger charge is -1.69. The lowest BCUT2D eigenvalue weighted by Crippen LogP contribution is -1.84. The molecule has 0 aromatic rings. The van der Waals surface area contributed by atoms with Crippen molar-refractivity contribution in [1.82, 2.24) is 0 Å². The molecule has 0 radical (unpaired) electrons. The molecule has 0 aliphatic heterocycles. The van der Waals surface area contributed by atoms with Crippen LogP contribution in [0.15, 0.2) is 12.2 Å². The molecule has 0 aliphatic rings. The monoisotopic (exact) mass is 198 g/mol. The predicted octanol–water partition coefficient (Wildman–Crippen LogP) is 0.986. The molecule has 50 valence electrons. The fourth-order valence-corrected chi connectivity index (χ4v) is 0.313. The van der Waals surface area contributed by atoms with Crippen molar-refractivity contribution in [2.45, 2.75) is 0 Å². The molecular formula is C7H3BrO2. The third kappa shape index (κ3) is 6.81. The van der Waals surface area contributed by atoms with E-state index in [-0.39, 0.29) is 0 Å². The quantitative estimate of drug-likeness (QED) is 0.505. The van der Waals surface area contributed by atoms with Gasteiger partial charge in [-0.15, -0.1) is 0 Å². The number of carboxylic acids is 1. The SMILES string of the molecule is O=C(O)/C=C/C#CC#CBr. The van der Waals surface area contributed by atoms with Crippen molar-refractivity contribution in [1.29, 1.82) is 0 Å². The fourth-order valence-electron chi connectivity index (χ4n) is 0.214. The molecule has 0 bridgehead atoms. The zero-order chi connectivity index (χ0) is 7.82. The van der Waals surface area contributed by atoms with E-state index >= 15 is 0 Å². The third-order valence-corrected chi connectivity index (χ3v) is 0.689. The van der Waals surface area contributed by atoms with E-state index in [1.807, 2.05) is 0 Å². The van der Waals surface area contributed by atoms with Crippen molar-refractivity contribution >= 4 is 21.9 Å². The van der Waals surface area contributed by atoms with E-state index in [4.69, 9.17) is 5.11 Å². The van der Waals surface area contributed by atoms with Crippen LogP contribution < -0.4 is 0 Å². The summed E-state index contributed by atoms with van der Waals surface area (Å²) < 4.78 is 0. The molecule has 0 aliphatic carbocycles. The molecule has 0 unspecified atom stereocenters. The average Bonchev–Trinajstić information content (AvgIpc) is 1.87. The van der Waals surface area contributed by atoms with Crippen LogP contribution in [-0.2, 0) is 4.79 Å². The Morgan fingerprint density at radius 3 is 2.70 bits per heavy atom. The van der Waals surface area contributed by atoms with Gasteiger partial charge < -0.3 is 5.11 Å². The molecule has 0 rings (SSSR count). The number of hydrogen-bond acceptors (Lipinski definition) is 1. The van der Waals surface area contributed by atoms with Gasteiger partial charge in [-0.25, -0.2) is 4.79 Å². The Balaban J connectivity index is 3.83. The van der Waals surface area contributed by atoms with E-state index in [1.165, 1.54) is 6.08 Å². The molecule has 0 amide bonds. The Labute approximate surface area is 67.1 Å². The minimum atomic E-state index is -1.01. The van der Waals surface area contributed by atoms with Gasteiger partial charge in [-0.3, -0.25) is 0 Å². The summed E-state index contributed by atoms with van der Waals surface area (Å²) in [6.07, 6.45) is 2.17. The first kappa shape index (κ1) is 8.81. The first-order valence-corrected chi connectivity index (χ1v) is 3.07. The maximum Gasteiger partial charge on any atom is 0.328 e. The first-order valence-electron chi connectivity index (χ1n) is 2.28. The van der Waals surface area contributed by atoms with E-state index < -0.39 is 5.97 Å². The lowest BCUT2D eigenvalue weighted by molar-refractivity contribution is -0.131. The highest BCUT2D eigenvalue weighted by Crippen LogP contribution is 1.70. The molecule has 2 nitrogen and oxygen atoms in total. The summed E-state index contributed by atoms with van der Waals surface area (Å²) in [6, 6.07) is 0. The van der Waals surface area contributed by atoms with Gasteiger partial charge in [0.15, 0.2) is 0 Å². The van der Waals surface area contributed by atoms with Crippen molar-refractivity contribution in [2.75, 3.05) is 0 Å². The molecule has 1 N–H and O–H groups in total. The largest absolute Gasteiger partial charge is 0.478 e. The summed E-state index contributed by atoms with van der Waals surface area (Å²) in [6.45, 7) is 0. The van der Waals surface area contributed by atoms with Crippen LogP contribution in [0.4, 0.5) is 0 Å². The molecule has 3 heteroatoms. The van der Waals surface area contributed by atoms with Crippen molar-refractivity contribution < 1.29 is 9.90 Å². The second-order valence-corrected chi connectivity index (χ2v) is 1.56. The molecular weight excluding hydrogens is 196 g/mol. The van der Waals surface area contributed by atoms with Gasteiger partial charge in [0.1, 0.15) is 0 Å². The van der Waals surface area contributed by atoms with Gasteiger partial charge in [0.25, 0.3) is 0 Å². The Morgan fingerprint density at radius 2 is 2.20 bits per heavy atom. The number of rotatable bonds is 1. The van der Waals surface area contributed by atoms with E-state index in [0.717, 1.165) is 6.08 Å². The molecule has 0 fully saturated rings. The van der Waals surface area contributed by atoms with Crippen molar-refractivity contribution in [3.63, 3.8) is 0 Å². The van der Waals surface area contributed by atoms with Gasteiger partial charge in [-0.05, 0) is 22.7 Å². The second-order valence-electron chi connectivity index (χ2n) is 1.16. The normalized spacial score (nSPS) is 7.30. The number of carboxylic acid groups (broad SMARTS) is 1. The number of allylic oxidation sites excluding steroid dienone is 1. The van der Waals surface area contributed by atoms with Gasteiger partial charge in [0.2, 0.25) is 0 Å². The third-order valence-electron chi connectivity index (χ3n) is 0.491.